The molecule has 15 aromatic rings. The van der Waals surface area contributed by atoms with Crippen LogP contribution in [-0.4, -0.2) is 31.2 Å². The van der Waals surface area contributed by atoms with E-state index in [1.54, 1.807) is 0 Å². The number of fused-ring (bicyclic) bond motifs is 7. The second-order valence-corrected chi connectivity index (χ2v) is 23.0. The number of benzene rings is 12. The van der Waals surface area contributed by atoms with Gasteiger partial charge in [-0.3, -0.25) is 0 Å². The Morgan fingerprint density at radius 1 is 0.281 bits per heavy atom. The number of nitrogens with zero attached hydrogens (tertiary/aromatic N) is 7. The normalized spacial score (nSPS) is 12.3. The third kappa shape index (κ3) is 8.91. The molecule has 0 bridgehead atoms. The molecule has 5 heterocycles. The minimum Gasteiger partial charge on any atom is -0.311 e. The van der Waals surface area contributed by atoms with E-state index in [1.807, 2.05) is 24.3 Å². The molecule has 416 valence electrons. The van der Waals surface area contributed by atoms with Gasteiger partial charge in [-0.25, -0.2) is 19.9 Å². The lowest BCUT2D eigenvalue weighted by Crippen LogP contribution is -2.61. The standard InChI is InChI=1S/C81H54BN7/c1-53-43-45-73-64(47-53)63-35-14-17-38-72(63)89(73)74-46-44-60(71-51-68(54-23-6-2-7-24-54)83-80(84-71)56-27-10-4-11-28-56)50-65(74)81-85-69(55-25-8-3-9-26-55)52-70(86-81)59-31-20-29-57(48-59)58-30-21-34-62(49-58)88-76-40-19-16-37-67(76)82-66-36-15-18-39-75(66)87(61-32-12-5-13-33-61)77-41-22-42-78(88)79(77)82/h2-52H,1H3. The fourth-order valence-corrected chi connectivity index (χ4v) is 13.6. The van der Waals surface area contributed by atoms with Gasteiger partial charge < -0.3 is 14.4 Å². The second-order valence-electron chi connectivity index (χ2n) is 23.0. The molecule has 0 atom stereocenters. The molecule has 12 aromatic carbocycles. The second kappa shape index (κ2) is 21.3. The monoisotopic (exact) mass is 1140 g/mol. The van der Waals surface area contributed by atoms with Crippen molar-refractivity contribution in [3.05, 3.63) is 315 Å². The van der Waals surface area contributed by atoms with E-state index < -0.39 is 0 Å². The molecule has 0 fully saturated rings. The van der Waals surface area contributed by atoms with Gasteiger partial charge in [-0.1, -0.05) is 218 Å². The molecule has 2 aliphatic heterocycles. The van der Waals surface area contributed by atoms with E-state index in [2.05, 4.69) is 306 Å². The van der Waals surface area contributed by atoms with Crippen LogP contribution in [0.1, 0.15) is 5.56 Å². The van der Waals surface area contributed by atoms with Crippen molar-refractivity contribution in [1.82, 2.24) is 24.5 Å². The van der Waals surface area contributed by atoms with Crippen LogP contribution in [-0.2, 0) is 0 Å². The highest BCUT2D eigenvalue weighted by atomic mass is 15.2. The van der Waals surface area contributed by atoms with Gasteiger partial charge in [-0.15, -0.1) is 0 Å². The molecule has 8 heteroatoms. The molecule has 17 rings (SSSR count). The lowest BCUT2D eigenvalue weighted by atomic mass is 9.33. The summed E-state index contributed by atoms with van der Waals surface area (Å²) in [5.74, 6) is 1.24. The molecular formula is C81H54BN7. The summed E-state index contributed by atoms with van der Waals surface area (Å²) in [4.78, 5) is 26.7. The number of hydrogen-bond acceptors (Lipinski definition) is 6. The van der Waals surface area contributed by atoms with Gasteiger partial charge in [0.15, 0.2) is 11.6 Å². The maximum atomic E-state index is 5.69. The third-order valence-corrected chi connectivity index (χ3v) is 17.6. The van der Waals surface area contributed by atoms with Crippen LogP contribution in [0.25, 0.3) is 106 Å². The summed E-state index contributed by atoms with van der Waals surface area (Å²) in [5.41, 5.74) is 26.2. The molecule has 0 spiro atoms. The highest BCUT2D eigenvalue weighted by Gasteiger charge is 2.43. The van der Waals surface area contributed by atoms with Crippen LogP contribution < -0.4 is 26.2 Å². The lowest BCUT2D eigenvalue weighted by molar-refractivity contribution is 1.13. The lowest BCUT2D eigenvalue weighted by Gasteiger charge is -2.44. The fraction of sp³-hybridized carbons (Fsp3) is 0.0123. The van der Waals surface area contributed by atoms with E-state index in [9.17, 15) is 0 Å². The predicted molar refractivity (Wildman–Crippen MR) is 369 cm³/mol. The first-order valence-corrected chi connectivity index (χ1v) is 30.3. The van der Waals surface area contributed by atoms with Crippen LogP contribution in [0.5, 0.6) is 0 Å². The van der Waals surface area contributed by atoms with Crippen LogP contribution >= 0.6 is 0 Å². The number of aromatic nitrogens is 5. The van der Waals surface area contributed by atoms with Crippen molar-refractivity contribution in [2.24, 2.45) is 0 Å². The summed E-state index contributed by atoms with van der Waals surface area (Å²) in [6.45, 7) is 2.22. The Kier molecular flexibility index (Phi) is 12.4. The first-order valence-electron chi connectivity index (χ1n) is 30.3. The molecule has 2 aliphatic rings. The van der Waals surface area contributed by atoms with Gasteiger partial charge in [0.05, 0.1) is 39.5 Å². The minimum absolute atomic E-state index is 0.0558. The summed E-state index contributed by atoms with van der Waals surface area (Å²) in [7, 11) is 0. The van der Waals surface area contributed by atoms with E-state index in [1.165, 1.54) is 55.5 Å². The van der Waals surface area contributed by atoms with Crippen molar-refractivity contribution in [2.45, 2.75) is 6.92 Å². The number of para-hydroxylation sites is 4. The highest BCUT2D eigenvalue weighted by Crippen LogP contribution is 2.46. The first kappa shape index (κ1) is 51.7. The van der Waals surface area contributed by atoms with E-state index in [0.717, 1.165) is 95.4 Å². The van der Waals surface area contributed by atoms with Gasteiger partial charge in [0.1, 0.15) is 0 Å². The molecule has 7 nitrogen and oxygen atoms in total. The molecule has 0 aliphatic carbocycles. The molecule has 89 heavy (non-hydrogen) atoms. The molecule has 0 radical (unpaired) electrons. The Balaban J connectivity index is 0.832. The van der Waals surface area contributed by atoms with Gasteiger partial charge in [-0.2, -0.15) is 0 Å². The topological polar surface area (TPSA) is 63.0 Å². The maximum absolute atomic E-state index is 5.69. The van der Waals surface area contributed by atoms with Crippen molar-refractivity contribution in [3.8, 4) is 84.6 Å². The van der Waals surface area contributed by atoms with Crippen molar-refractivity contribution in [2.75, 3.05) is 9.80 Å². The zero-order chi connectivity index (χ0) is 58.9. The van der Waals surface area contributed by atoms with Crippen LogP contribution in [0.4, 0.5) is 34.1 Å². The summed E-state index contributed by atoms with van der Waals surface area (Å²) in [6.07, 6.45) is 0. The molecule has 0 unspecified atom stereocenters. The van der Waals surface area contributed by atoms with Gasteiger partial charge in [0, 0.05) is 78.3 Å². The Hall–Kier alpha value is -11.7. The SMILES string of the molecule is Cc1ccc2c(c1)c1ccccc1n2-c1ccc(-c2cc(-c3ccccc3)nc(-c3ccccc3)n2)cc1-c1nc(-c2ccccc2)cc(-c2cccc(-c3cccc(N4c5ccccc5B5c6ccccc6N(c6ccccc6)c6cccc4c65)c3)c2)n1. The van der Waals surface area contributed by atoms with Gasteiger partial charge in [0.25, 0.3) is 6.71 Å². The Morgan fingerprint density at radius 3 is 1.40 bits per heavy atom. The van der Waals surface area contributed by atoms with Gasteiger partial charge in [0.2, 0.25) is 0 Å². The summed E-state index contributed by atoms with van der Waals surface area (Å²) >= 11 is 0. The van der Waals surface area contributed by atoms with Crippen molar-refractivity contribution in [1.29, 1.82) is 0 Å². The zero-order valence-corrected chi connectivity index (χ0v) is 48.7. The number of rotatable bonds is 10. The van der Waals surface area contributed by atoms with Gasteiger partial charge in [-0.05, 0) is 132 Å². The average Bonchev–Trinajstić information content (AvgIpc) is 1.22. The highest BCUT2D eigenvalue weighted by molar-refractivity contribution is 7.00. The Bertz CT molecular complexity index is 5180. The van der Waals surface area contributed by atoms with Crippen LogP contribution in [0.15, 0.2) is 309 Å². The largest absolute Gasteiger partial charge is 0.311 e. The Morgan fingerprint density at radius 2 is 0.742 bits per heavy atom. The first-order chi connectivity index (χ1) is 44.0. The van der Waals surface area contributed by atoms with Crippen molar-refractivity contribution < 1.29 is 0 Å². The summed E-state index contributed by atoms with van der Waals surface area (Å²) < 4.78 is 2.38. The molecule has 3 aromatic heterocycles. The van der Waals surface area contributed by atoms with E-state index in [4.69, 9.17) is 19.9 Å². The van der Waals surface area contributed by atoms with Gasteiger partial charge >= 0.3 is 0 Å². The number of aryl methyl sites for hydroxylation is 1. The number of anilines is 6. The van der Waals surface area contributed by atoms with Crippen molar-refractivity contribution in [3.63, 3.8) is 0 Å². The smallest absolute Gasteiger partial charge is 0.252 e. The molecular weight excluding hydrogens is 1080 g/mol. The molecule has 0 saturated carbocycles. The fourth-order valence-electron chi connectivity index (χ4n) is 13.6. The zero-order valence-electron chi connectivity index (χ0n) is 48.7. The van der Waals surface area contributed by atoms with Crippen molar-refractivity contribution >= 4 is 79.0 Å². The molecule has 0 amide bonds. The maximum Gasteiger partial charge on any atom is 0.252 e. The van der Waals surface area contributed by atoms with Crippen LogP contribution in [0.2, 0.25) is 0 Å². The number of hydrogen-bond donors (Lipinski definition) is 0. The predicted octanol–water partition coefficient (Wildman–Crippen LogP) is 18.4. The Labute approximate surface area is 516 Å². The third-order valence-electron chi connectivity index (χ3n) is 17.6. The van der Waals surface area contributed by atoms with E-state index >= 15 is 0 Å². The molecule has 0 N–H and O–H groups in total. The van der Waals surface area contributed by atoms with Crippen LogP contribution in [0, 0.1) is 6.92 Å². The molecule has 0 saturated heterocycles. The summed E-state index contributed by atoms with van der Waals surface area (Å²) in [5, 5.41) is 2.36. The average molecular weight is 1140 g/mol. The minimum atomic E-state index is 0.0558. The van der Waals surface area contributed by atoms with Crippen LogP contribution in [0.3, 0.4) is 0 Å². The quantitative estimate of drug-likeness (QED) is 0.127. The van der Waals surface area contributed by atoms with E-state index in [-0.39, 0.29) is 6.71 Å². The van der Waals surface area contributed by atoms with E-state index in [0.29, 0.717) is 11.6 Å². The summed E-state index contributed by atoms with van der Waals surface area (Å²) in [6, 6.07) is 111.